The topological polar surface area (TPSA) is 106 Å². The Morgan fingerprint density at radius 2 is 1.73 bits per heavy atom. The molecule has 0 radical (unpaired) electrons. The zero-order valence-electron chi connectivity index (χ0n) is 20.1. The van der Waals surface area contributed by atoms with Crippen LogP contribution >= 0.6 is 0 Å². The van der Waals surface area contributed by atoms with E-state index >= 15 is 0 Å². The molecule has 0 heterocycles. The molecule has 0 N–H and O–H groups in total. The van der Waals surface area contributed by atoms with Gasteiger partial charge in [-0.05, 0) is 40.8 Å². The maximum Gasteiger partial charge on any atom is 0.473 e. The zero-order chi connectivity index (χ0) is 27.4. The lowest BCUT2D eigenvalue weighted by atomic mass is 9.68. The Morgan fingerprint density at radius 1 is 1.05 bits per heavy atom. The number of hydrogen-bond donors (Lipinski definition) is 0. The van der Waals surface area contributed by atoms with E-state index in [0.717, 1.165) is 14.2 Å². The molecule has 0 saturated carbocycles. The van der Waals surface area contributed by atoms with Crippen LogP contribution in [0.1, 0.15) is 24.5 Å². The summed E-state index contributed by atoms with van der Waals surface area (Å²) in [5, 5.41) is 9.88. The first-order chi connectivity index (χ1) is 17.5. The highest BCUT2D eigenvalue weighted by atomic mass is 19.4. The molecule has 1 atom stereocenters. The Labute approximate surface area is 210 Å². The van der Waals surface area contributed by atoms with Gasteiger partial charge in [0.2, 0.25) is 0 Å². The largest absolute Gasteiger partial charge is 0.473 e. The fourth-order valence-corrected chi connectivity index (χ4v) is 4.04. The molecular weight excluding hydrogens is 489 g/mol. The van der Waals surface area contributed by atoms with E-state index in [1.807, 2.05) is 6.07 Å². The SMILES string of the molecule is CCC1=CC(C(=O)OC)(c2ccc(-c3ccccc3)c(C#N)c2)C(=NC(=O)C(F)(F)F)C(C(=O)OC)=C1. The first-order valence-electron chi connectivity index (χ1n) is 10.9. The third-order valence-corrected chi connectivity index (χ3v) is 5.82. The van der Waals surface area contributed by atoms with Gasteiger partial charge >= 0.3 is 24.0 Å². The summed E-state index contributed by atoms with van der Waals surface area (Å²) < 4.78 is 49.6. The predicted molar refractivity (Wildman–Crippen MR) is 127 cm³/mol. The van der Waals surface area contributed by atoms with Crippen molar-refractivity contribution in [2.24, 2.45) is 4.99 Å². The van der Waals surface area contributed by atoms with Crippen LogP contribution in [0.3, 0.4) is 0 Å². The van der Waals surface area contributed by atoms with E-state index < -0.39 is 40.7 Å². The van der Waals surface area contributed by atoms with Gasteiger partial charge in [-0.2, -0.15) is 18.4 Å². The molecule has 0 saturated heterocycles. The highest BCUT2D eigenvalue weighted by Gasteiger charge is 2.51. The molecule has 1 aliphatic rings. The molecule has 7 nitrogen and oxygen atoms in total. The minimum Gasteiger partial charge on any atom is -0.468 e. The summed E-state index contributed by atoms with van der Waals surface area (Å²) in [6.07, 6.45) is -2.64. The highest BCUT2D eigenvalue weighted by molar-refractivity contribution is 6.33. The van der Waals surface area contributed by atoms with E-state index in [0.29, 0.717) is 16.7 Å². The Morgan fingerprint density at radius 3 is 2.27 bits per heavy atom. The minimum atomic E-state index is -5.39. The predicted octanol–water partition coefficient (Wildman–Crippen LogP) is 4.62. The van der Waals surface area contributed by atoms with Crippen LogP contribution in [0.4, 0.5) is 13.2 Å². The number of esters is 2. The van der Waals surface area contributed by atoms with Crippen molar-refractivity contribution in [1.82, 2.24) is 0 Å². The molecule has 0 spiro atoms. The zero-order valence-corrected chi connectivity index (χ0v) is 20.1. The highest BCUT2D eigenvalue weighted by Crippen LogP contribution is 2.40. The molecule has 0 fully saturated rings. The fourth-order valence-electron chi connectivity index (χ4n) is 4.04. The number of benzene rings is 2. The van der Waals surface area contributed by atoms with Crippen LogP contribution in [-0.2, 0) is 29.3 Å². The Bertz CT molecular complexity index is 1380. The molecule has 0 bridgehead atoms. The number of halogens is 3. The molecule has 2 aromatic carbocycles. The van der Waals surface area contributed by atoms with Crippen molar-refractivity contribution in [2.75, 3.05) is 14.2 Å². The maximum atomic E-state index is 13.4. The summed E-state index contributed by atoms with van der Waals surface area (Å²) in [4.78, 5) is 41.3. The summed E-state index contributed by atoms with van der Waals surface area (Å²) in [6, 6.07) is 15.1. The minimum absolute atomic E-state index is 0.0234. The lowest BCUT2D eigenvalue weighted by molar-refractivity contribution is -0.169. The van der Waals surface area contributed by atoms with Gasteiger partial charge in [-0.15, -0.1) is 0 Å². The summed E-state index contributed by atoms with van der Waals surface area (Å²) in [6.45, 7) is 1.70. The third kappa shape index (κ3) is 5.07. The van der Waals surface area contributed by atoms with Gasteiger partial charge in [0.25, 0.3) is 0 Å². The normalized spacial score (nSPS) is 18.4. The lowest BCUT2D eigenvalue weighted by Crippen LogP contribution is -2.48. The second-order valence-corrected chi connectivity index (χ2v) is 7.92. The smallest absolute Gasteiger partial charge is 0.468 e. The third-order valence-electron chi connectivity index (χ3n) is 5.82. The number of alkyl halides is 3. The van der Waals surface area contributed by atoms with Crippen molar-refractivity contribution in [1.29, 1.82) is 5.26 Å². The van der Waals surface area contributed by atoms with E-state index in [1.165, 1.54) is 30.4 Å². The number of rotatable bonds is 5. The van der Waals surface area contributed by atoms with E-state index in [2.05, 4.69) is 4.99 Å². The first-order valence-corrected chi connectivity index (χ1v) is 10.9. The summed E-state index contributed by atoms with van der Waals surface area (Å²) in [7, 11) is 2.00. The van der Waals surface area contributed by atoms with Gasteiger partial charge in [0, 0.05) is 0 Å². The number of amides is 1. The first kappa shape index (κ1) is 27.1. The number of aliphatic imine (C=N–C) groups is 1. The van der Waals surface area contributed by atoms with E-state index in [1.54, 1.807) is 37.3 Å². The van der Waals surface area contributed by atoms with Crippen molar-refractivity contribution >= 4 is 23.6 Å². The number of methoxy groups -OCH3 is 2. The van der Waals surface area contributed by atoms with Crippen molar-refractivity contribution in [3.8, 4) is 17.2 Å². The quantitative estimate of drug-likeness (QED) is 0.544. The van der Waals surface area contributed by atoms with Crippen LogP contribution in [0.2, 0.25) is 0 Å². The Kier molecular flexibility index (Phi) is 7.77. The van der Waals surface area contributed by atoms with Crippen molar-refractivity contribution in [3.63, 3.8) is 0 Å². The number of carbonyl (C=O) groups is 3. The number of allylic oxidation sites excluding steroid dienone is 2. The van der Waals surface area contributed by atoms with Gasteiger partial charge in [-0.25, -0.2) is 9.79 Å². The van der Waals surface area contributed by atoms with Crippen LogP contribution in [0.25, 0.3) is 11.1 Å². The molecule has 2 aromatic rings. The standard InChI is InChI=1S/C27H21F3N2O5/c1-4-16-12-21(23(33)36-2)22(32-24(34)27(28,29)30)26(14-16,25(35)37-3)19-10-11-20(18(13-19)15-31)17-8-6-5-7-9-17/h5-14H,4H2,1-3H3. The van der Waals surface area contributed by atoms with Gasteiger partial charge in [-0.3, -0.25) is 9.59 Å². The van der Waals surface area contributed by atoms with E-state index in [-0.39, 0.29) is 17.5 Å². The summed E-state index contributed by atoms with van der Waals surface area (Å²) in [5.74, 6) is -4.75. The van der Waals surface area contributed by atoms with Crippen LogP contribution in [0, 0.1) is 11.3 Å². The average Bonchev–Trinajstić information content (AvgIpc) is 2.91. The van der Waals surface area contributed by atoms with Gasteiger partial charge in [0.1, 0.15) is 0 Å². The molecule has 1 unspecified atom stereocenters. The number of nitriles is 1. The van der Waals surface area contributed by atoms with Crippen LogP contribution in [0.5, 0.6) is 0 Å². The molecule has 37 heavy (non-hydrogen) atoms. The van der Waals surface area contributed by atoms with Gasteiger partial charge in [-0.1, -0.05) is 55.5 Å². The van der Waals surface area contributed by atoms with Crippen molar-refractivity contribution in [2.45, 2.75) is 24.9 Å². The molecule has 0 aliphatic heterocycles. The number of carbonyl (C=O) groups excluding carboxylic acids is 3. The molecule has 1 amide bonds. The Balaban J connectivity index is 2.43. The lowest BCUT2D eigenvalue weighted by Gasteiger charge is -2.34. The monoisotopic (exact) mass is 510 g/mol. The van der Waals surface area contributed by atoms with Gasteiger partial charge < -0.3 is 9.47 Å². The molecule has 190 valence electrons. The molecule has 1 aliphatic carbocycles. The van der Waals surface area contributed by atoms with E-state index in [9.17, 15) is 32.8 Å². The second kappa shape index (κ2) is 10.6. The maximum absolute atomic E-state index is 13.4. The summed E-state index contributed by atoms with van der Waals surface area (Å²) in [5.41, 5.74) is -1.98. The second-order valence-electron chi connectivity index (χ2n) is 7.92. The molecule has 10 heteroatoms. The summed E-state index contributed by atoms with van der Waals surface area (Å²) >= 11 is 0. The number of nitrogens with zero attached hydrogens (tertiary/aromatic N) is 2. The average molecular weight is 510 g/mol. The van der Waals surface area contributed by atoms with E-state index in [4.69, 9.17) is 9.47 Å². The van der Waals surface area contributed by atoms with Crippen LogP contribution in [-0.4, -0.2) is 44.0 Å². The fraction of sp³-hybridized carbons (Fsp3) is 0.222. The van der Waals surface area contributed by atoms with Crippen molar-refractivity contribution < 1.29 is 37.0 Å². The van der Waals surface area contributed by atoms with Crippen LogP contribution < -0.4 is 0 Å². The molecular formula is C27H21F3N2O5. The van der Waals surface area contributed by atoms with Crippen LogP contribution in [0.15, 0.2) is 76.8 Å². The number of hydrogen-bond acceptors (Lipinski definition) is 6. The van der Waals surface area contributed by atoms with Crippen molar-refractivity contribution in [3.05, 3.63) is 83.0 Å². The Hall–Kier alpha value is -4.52. The van der Waals surface area contributed by atoms with Gasteiger partial charge in [0.15, 0.2) is 5.41 Å². The van der Waals surface area contributed by atoms with Gasteiger partial charge in [0.05, 0.1) is 37.1 Å². The number of ether oxygens (including phenoxy) is 2. The molecule has 3 rings (SSSR count). The molecule has 0 aromatic heterocycles.